The van der Waals surface area contributed by atoms with E-state index in [2.05, 4.69) is 5.10 Å². The molecule has 2 heterocycles. The molecule has 0 aliphatic carbocycles. The second kappa shape index (κ2) is 4.40. The van der Waals surface area contributed by atoms with Crippen LogP contribution in [0.2, 0.25) is 5.02 Å². The van der Waals surface area contributed by atoms with Crippen molar-refractivity contribution >= 4 is 17.4 Å². The Kier molecular flexibility index (Phi) is 3.25. The first-order chi connectivity index (χ1) is 7.94. The molecular formula is C11H16ClN3O2. The maximum absolute atomic E-state index is 12.1. The molecule has 1 saturated heterocycles. The monoisotopic (exact) mass is 257 g/mol. The maximum atomic E-state index is 12.1. The molecule has 1 aliphatic heterocycles. The number of nitrogens with zero attached hydrogens (tertiary/aromatic N) is 2. The summed E-state index contributed by atoms with van der Waals surface area (Å²) < 4.78 is 6.82. The molecule has 1 aromatic heterocycles. The zero-order valence-electron chi connectivity index (χ0n) is 9.99. The minimum Gasteiger partial charge on any atom is -0.379 e. The molecule has 1 fully saturated rings. The zero-order valence-corrected chi connectivity index (χ0v) is 10.8. The molecule has 0 saturated carbocycles. The molecule has 1 aromatic rings. The van der Waals surface area contributed by atoms with Crippen LogP contribution in [0, 0.1) is 6.92 Å². The van der Waals surface area contributed by atoms with E-state index in [1.807, 2.05) is 6.92 Å². The van der Waals surface area contributed by atoms with Crippen molar-refractivity contribution in [2.75, 3.05) is 13.2 Å². The Labute approximate surface area is 105 Å². The number of nitrogens with two attached hydrogens (primary N) is 1. The summed E-state index contributed by atoms with van der Waals surface area (Å²) in [6.07, 6.45) is 0.774. The predicted molar refractivity (Wildman–Crippen MR) is 64.0 cm³/mol. The minimum atomic E-state index is -0.860. The van der Waals surface area contributed by atoms with Gasteiger partial charge in [0.15, 0.2) is 5.78 Å². The van der Waals surface area contributed by atoms with Crippen LogP contribution in [0.3, 0.4) is 0 Å². The molecule has 1 atom stereocenters. The molecule has 0 radical (unpaired) electrons. The summed E-state index contributed by atoms with van der Waals surface area (Å²) in [5.41, 5.74) is 6.59. The molecule has 0 amide bonds. The number of ketones is 1. The van der Waals surface area contributed by atoms with Gasteiger partial charge in [0.25, 0.3) is 0 Å². The van der Waals surface area contributed by atoms with Gasteiger partial charge in [-0.2, -0.15) is 5.10 Å². The first-order valence-corrected chi connectivity index (χ1v) is 5.90. The van der Waals surface area contributed by atoms with Gasteiger partial charge in [-0.15, -0.1) is 0 Å². The maximum Gasteiger partial charge on any atom is 0.161 e. The van der Waals surface area contributed by atoms with E-state index in [-0.39, 0.29) is 12.2 Å². The summed E-state index contributed by atoms with van der Waals surface area (Å²) in [6, 6.07) is 0. The van der Waals surface area contributed by atoms with Gasteiger partial charge in [-0.3, -0.25) is 9.48 Å². The summed E-state index contributed by atoms with van der Waals surface area (Å²) in [4.78, 5) is 12.1. The number of carbonyl (C=O) groups is 1. The van der Waals surface area contributed by atoms with E-state index in [1.54, 1.807) is 11.7 Å². The lowest BCUT2D eigenvalue weighted by atomic mass is 9.91. The highest BCUT2D eigenvalue weighted by molar-refractivity contribution is 6.32. The Morgan fingerprint density at radius 1 is 1.71 bits per heavy atom. The zero-order chi connectivity index (χ0) is 12.6. The van der Waals surface area contributed by atoms with Crippen LogP contribution < -0.4 is 5.73 Å². The highest BCUT2D eigenvalue weighted by Gasteiger charge is 2.38. The van der Waals surface area contributed by atoms with Crippen LogP contribution in [0.15, 0.2) is 0 Å². The van der Waals surface area contributed by atoms with Crippen molar-refractivity contribution in [3.05, 3.63) is 16.4 Å². The van der Waals surface area contributed by atoms with Gasteiger partial charge in [0.1, 0.15) is 5.54 Å². The Balaban J connectivity index is 2.18. The number of aryl methyl sites for hydroxylation is 2. The van der Waals surface area contributed by atoms with E-state index in [4.69, 9.17) is 22.1 Å². The van der Waals surface area contributed by atoms with Gasteiger partial charge in [-0.1, -0.05) is 11.6 Å². The van der Waals surface area contributed by atoms with Crippen molar-refractivity contribution in [3.8, 4) is 0 Å². The standard InChI is InChI=1S/C11H16ClN3O2/c1-7-10(12)8(15(2)14-7)5-9(16)11(13)3-4-17-6-11/h3-6,13H2,1-2H3. The highest BCUT2D eigenvalue weighted by Crippen LogP contribution is 2.24. The molecule has 94 valence electrons. The Morgan fingerprint density at radius 3 is 2.88 bits per heavy atom. The van der Waals surface area contributed by atoms with Crippen molar-refractivity contribution in [2.24, 2.45) is 12.8 Å². The summed E-state index contributed by atoms with van der Waals surface area (Å²) in [5, 5.41) is 4.72. The third kappa shape index (κ3) is 2.22. The number of hydrogen-bond acceptors (Lipinski definition) is 4. The van der Waals surface area contributed by atoms with Gasteiger partial charge in [0.05, 0.1) is 29.4 Å². The molecule has 0 bridgehead atoms. The molecule has 6 heteroatoms. The Morgan fingerprint density at radius 2 is 2.41 bits per heavy atom. The van der Waals surface area contributed by atoms with E-state index in [1.165, 1.54) is 0 Å². The number of halogens is 1. The number of ether oxygens (including phenoxy) is 1. The van der Waals surface area contributed by atoms with E-state index in [0.29, 0.717) is 30.4 Å². The second-order valence-corrected chi connectivity index (χ2v) is 4.91. The molecule has 17 heavy (non-hydrogen) atoms. The summed E-state index contributed by atoms with van der Waals surface area (Å²) in [6.45, 7) is 2.65. The predicted octanol–water partition coefficient (Wildman–Crippen LogP) is 0.611. The lowest BCUT2D eigenvalue weighted by Gasteiger charge is -2.19. The fraction of sp³-hybridized carbons (Fsp3) is 0.636. The summed E-state index contributed by atoms with van der Waals surface area (Å²) in [7, 11) is 1.77. The lowest BCUT2D eigenvalue weighted by molar-refractivity contribution is -0.123. The molecule has 2 rings (SSSR count). The normalized spacial score (nSPS) is 24.2. The van der Waals surface area contributed by atoms with E-state index < -0.39 is 5.54 Å². The lowest BCUT2D eigenvalue weighted by Crippen LogP contribution is -2.49. The van der Waals surface area contributed by atoms with Gasteiger partial charge >= 0.3 is 0 Å². The topological polar surface area (TPSA) is 70.1 Å². The van der Waals surface area contributed by atoms with Gasteiger partial charge < -0.3 is 10.5 Å². The smallest absolute Gasteiger partial charge is 0.161 e. The van der Waals surface area contributed by atoms with E-state index in [9.17, 15) is 4.79 Å². The second-order valence-electron chi connectivity index (χ2n) is 4.53. The van der Waals surface area contributed by atoms with Crippen LogP contribution in [-0.2, 0) is 23.0 Å². The van der Waals surface area contributed by atoms with Gasteiger partial charge in [0.2, 0.25) is 0 Å². The number of hydrogen-bond donors (Lipinski definition) is 1. The SMILES string of the molecule is Cc1nn(C)c(CC(=O)C2(N)CCOC2)c1Cl. The molecule has 5 nitrogen and oxygen atoms in total. The largest absolute Gasteiger partial charge is 0.379 e. The van der Waals surface area contributed by atoms with Crippen molar-refractivity contribution in [1.82, 2.24) is 9.78 Å². The van der Waals surface area contributed by atoms with Crippen LogP contribution in [0.5, 0.6) is 0 Å². The van der Waals surface area contributed by atoms with Crippen molar-refractivity contribution < 1.29 is 9.53 Å². The van der Waals surface area contributed by atoms with Crippen molar-refractivity contribution in [2.45, 2.75) is 25.3 Å². The Hall–Kier alpha value is -0.910. The fourth-order valence-corrected chi connectivity index (χ4v) is 2.23. The molecule has 0 aromatic carbocycles. The Bertz CT molecular complexity index is 450. The molecule has 1 unspecified atom stereocenters. The number of carbonyl (C=O) groups excluding carboxylic acids is 1. The van der Waals surface area contributed by atoms with Crippen LogP contribution in [0.4, 0.5) is 0 Å². The molecule has 2 N–H and O–H groups in total. The fourth-order valence-electron chi connectivity index (χ4n) is 2.00. The average molecular weight is 258 g/mol. The molecule has 0 spiro atoms. The first kappa shape index (κ1) is 12.5. The summed E-state index contributed by atoms with van der Waals surface area (Å²) in [5.74, 6) is -0.0418. The van der Waals surface area contributed by atoms with Crippen LogP contribution in [0.1, 0.15) is 17.8 Å². The van der Waals surface area contributed by atoms with Crippen molar-refractivity contribution in [1.29, 1.82) is 0 Å². The summed E-state index contributed by atoms with van der Waals surface area (Å²) >= 11 is 6.10. The highest BCUT2D eigenvalue weighted by atomic mass is 35.5. The van der Waals surface area contributed by atoms with Crippen LogP contribution >= 0.6 is 11.6 Å². The molecule has 1 aliphatic rings. The first-order valence-electron chi connectivity index (χ1n) is 5.52. The third-order valence-corrected chi connectivity index (χ3v) is 3.69. The number of rotatable bonds is 3. The average Bonchev–Trinajstić information content (AvgIpc) is 2.80. The number of aromatic nitrogens is 2. The van der Waals surface area contributed by atoms with Gasteiger partial charge in [0, 0.05) is 13.7 Å². The van der Waals surface area contributed by atoms with E-state index in [0.717, 1.165) is 5.69 Å². The van der Waals surface area contributed by atoms with Crippen LogP contribution in [-0.4, -0.2) is 34.3 Å². The quantitative estimate of drug-likeness (QED) is 0.861. The van der Waals surface area contributed by atoms with E-state index >= 15 is 0 Å². The third-order valence-electron chi connectivity index (χ3n) is 3.20. The van der Waals surface area contributed by atoms with Crippen LogP contribution in [0.25, 0.3) is 0 Å². The molecular weight excluding hydrogens is 242 g/mol. The van der Waals surface area contributed by atoms with Gasteiger partial charge in [-0.05, 0) is 13.3 Å². The van der Waals surface area contributed by atoms with Gasteiger partial charge in [-0.25, -0.2) is 0 Å². The van der Waals surface area contributed by atoms with Crippen molar-refractivity contribution in [3.63, 3.8) is 0 Å². The number of Topliss-reactive ketones (excluding diaryl/α,β-unsaturated/α-hetero) is 1. The minimum absolute atomic E-state index is 0.0418.